The molecule has 0 aromatic heterocycles. The highest BCUT2D eigenvalue weighted by atomic mass is 32.2. The minimum atomic E-state index is -3.74. The van der Waals surface area contributed by atoms with Gasteiger partial charge in [-0.1, -0.05) is 12.1 Å². The molecule has 0 fully saturated rings. The first-order valence-electron chi connectivity index (χ1n) is 5.95. The van der Waals surface area contributed by atoms with E-state index in [0.29, 0.717) is 5.56 Å². The van der Waals surface area contributed by atoms with Gasteiger partial charge in [-0.2, -0.15) is 0 Å². The number of halogens is 1. The molecule has 0 heterocycles. The monoisotopic (exact) mass is 295 g/mol. The number of aromatic hydroxyl groups is 1. The largest absolute Gasteiger partial charge is 0.508 e. The van der Waals surface area contributed by atoms with Gasteiger partial charge in [0.2, 0.25) is 10.0 Å². The zero-order valence-electron chi connectivity index (χ0n) is 10.7. The van der Waals surface area contributed by atoms with Gasteiger partial charge >= 0.3 is 0 Å². The van der Waals surface area contributed by atoms with Crippen LogP contribution in [0.25, 0.3) is 0 Å². The molecule has 2 rings (SSSR count). The van der Waals surface area contributed by atoms with Gasteiger partial charge in [-0.25, -0.2) is 17.5 Å². The van der Waals surface area contributed by atoms with E-state index < -0.39 is 21.9 Å². The number of rotatable bonds is 4. The van der Waals surface area contributed by atoms with E-state index in [0.717, 1.165) is 12.1 Å². The van der Waals surface area contributed by atoms with E-state index in [9.17, 15) is 17.9 Å². The number of benzene rings is 2. The van der Waals surface area contributed by atoms with E-state index in [1.54, 1.807) is 19.1 Å². The number of nitrogens with one attached hydrogen (secondary N) is 1. The Hall–Kier alpha value is -1.92. The lowest BCUT2D eigenvalue weighted by Gasteiger charge is -2.15. The minimum absolute atomic E-state index is 0.00842. The topological polar surface area (TPSA) is 66.4 Å². The molecule has 0 saturated carbocycles. The van der Waals surface area contributed by atoms with Crippen LogP contribution in [0, 0.1) is 5.82 Å². The van der Waals surface area contributed by atoms with Crippen LogP contribution in [-0.4, -0.2) is 13.5 Å². The molecule has 0 spiro atoms. The van der Waals surface area contributed by atoms with Crippen LogP contribution in [0.4, 0.5) is 4.39 Å². The van der Waals surface area contributed by atoms with Crippen LogP contribution in [0.15, 0.2) is 53.4 Å². The van der Waals surface area contributed by atoms with Gasteiger partial charge in [0.05, 0.1) is 4.90 Å². The molecule has 4 nitrogen and oxygen atoms in total. The van der Waals surface area contributed by atoms with Crippen molar-refractivity contribution in [3.63, 3.8) is 0 Å². The first kappa shape index (κ1) is 14.5. The van der Waals surface area contributed by atoms with Crippen LogP contribution in [0.1, 0.15) is 18.5 Å². The van der Waals surface area contributed by atoms with E-state index in [-0.39, 0.29) is 10.6 Å². The summed E-state index contributed by atoms with van der Waals surface area (Å²) in [7, 11) is -3.74. The summed E-state index contributed by atoms with van der Waals surface area (Å²) in [5.41, 5.74) is 0.635. The Morgan fingerprint density at radius 3 is 2.40 bits per heavy atom. The Morgan fingerprint density at radius 2 is 1.80 bits per heavy atom. The van der Waals surface area contributed by atoms with Crippen LogP contribution in [0.3, 0.4) is 0 Å². The van der Waals surface area contributed by atoms with Gasteiger partial charge in [0.15, 0.2) is 0 Å². The van der Waals surface area contributed by atoms with Gasteiger partial charge in [-0.15, -0.1) is 0 Å². The number of hydrogen-bond donors (Lipinski definition) is 2. The van der Waals surface area contributed by atoms with Crippen LogP contribution < -0.4 is 4.72 Å². The molecular weight excluding hydrogens is 281 g/mol. The second kappa shape index (κ2) is 5.60. The lowest BCUT2D eigenvalue weighted by atomic mass is 10.1. The highest BCUT2D eigenvalue weighted by Gasteiger charge is 2.18. The Morgan fingerprint density at radius 1 is 1.15 bits per heavy atom. The van der Waals surface area contributed by atoms with Crippen molar-refractivity contribution in [2.24, 2.45) is 0 Å². The SMILES string of the molecule is CC(NS(=O)(=O)c1ccc(F)cc1)c1cccc(O)c1. The Kier molecular flexibility index (Phi) is 4.06. The maximum atomic E-state index is 12.8. The van der Waals surface area contributed by atoms with E-state index in [2.05, 4.69) is 4.72 Å². The Labute approximate surface area is 116 Å². The summed E-state index contributed by atoms with van der Waals surface area (Å²) in [6.45, 7) is 1.66. The van der Waals surface area contributed by atoms with Gasteiger partial charge < -0.3 is 5.11 Å². The summed E-state index contributed by atoms with van der Waals surface area (Å²) in [6.07, 6.45) is 0. The number of hydrogen-bond acceptors (Lipinski definition) is 3. The van der Waals surface area contributed by atoms with Crippen molar-refractivity contribution in [3.8, 4) is 5.75 Å². The molecule has 2 N–H and O–H groups in total. The van der Waals surface area contributed by atoms with Gasteiger partial charge in [0, 0.05) is 6.04 Å². The zero-order valence-corrected chi connectivity index (χ0v) is 11.6. The molecular formula is C14H14FNO3S. The molecule has 6 heteroatoms. The number of phenols is 1. The summed E-state index contributed by atoms with van der Waals surface area (Å²) in [6, 6.07) is 10.4. The maximum absolute atomic E-state index is 12.8. The number of sulfonamides is 1. The van der Waals surface area contributed by atoms with E-state index in [1.165, 1.54) is 24.3 Å². The standard InChI is InChI=1S/C14H14FNO3S/c1-10(11-3-2-4-13(17)9-11)16-20(18,19)14-7-5-12(15)6-8-14/h2-10,16-17H,1H3. The van der Waals surface area contributed by atoms with E-state index in [1.807, 2.05) is 0 Å². The molecule has 0 saturated heterocycles. The molecule has 0 aliphatic carbocycles. The predicted octanol–water partition coefficient (Wildman–Crippen LogP) is 2.57. The molecule has 1 atom stereocenters. The summed E-state index contributed by atoms with van der Waals surface area (Å²) in [5, 5.41) is 9.39. The average molecular weight is 295 g/mol. The molecule has 0 amide bonds. The highest BCUT2D eigenvalue weighted by Crippen LogP contribution is 2.20. The van der Waals surface area contributed by atoms with Crippen molar-refractivity contribution in [1.29, 1.82) is 0 Å². The molecule has 20 heavy (non-hydrogen) atoms. The van der Waals surface area contributed by atoms with Gasteiger partial charge in [-0.05, 0) is 48.9 Å². The fourth-order valence-electron chi connectivity index (χ4n) is 1.78. The summed E-state index contributed by atoms with van der Waals surface area (Å²) in [4.78, 5) is -0.00842. The summed E-state index contributed by atoms with van der Waals surface area (Å²) >= 11 is 0. The summed E-state index contributed by atoms with van der Waals surface area (Å²) < 4.78 is 39.5. The molecule has 0 radical (unpaired) electrons. The van der Waals surface area contributed by atoms with Crippen molar-refractivity contribution in [2.75, 3.05) is 0 Å². The summed E-state index contributed by atoms with van der Waals surface area (Å²) in [5.74, 6) is -0.430. The fourth-order valence-corrected chi connectivity index (χ4v) is 3.01. The van der Waals surface area contributed by atoms with Crippen LogP contribution in [-0.2, 0) is 10.0 Å². The van der Waals surface area contributed by atoms with E-state index in [4.69, 9.17) is 0 Å². The first-order chi connectivity index (χ1) is 9.38. The van der Waals surface area contributed by atoms with Crippen molar-refractivity contribution in [2.45, 2.75) is 17.9 Å². The lowest BCUT2D eigenvalue weighted by molar-refractivity contribution is 0.473. The third-order valence-corrected chi connectivity index (χ3v) is 4.38. The second-order valence-corrected chi connectivity index (χ2v) is 6.11. The van der Waals surface area contributed by atoms with Gasteiger partial charge in [-0.3, -0.25) is 0 Å². The first-order valence-corrected chi connectivity index (χ1v) is 7.43. The third-order valence-electron chi connectivity index (χ3n) is 2.83. The molecule has 0 aliphatic heterocycles. The Bertz CT molecular complexity index is 699. The van der Waals surface area contributed by atoms with E-state index >= 15 is 0 Å². The van der Waals surface area contributed by atoms with Gasteiger partial charge in [0.1, 0.15) is 11.6 Å². The van der Waals surface area contributed by atoms with Crippen molar-refractivity contribution in [1.82, 2.24) is 4.72 Å². The highest BCUT2D eigenvalue weighted by molar-refractivity contribution is 7.89. The van der Waals surface area contributed by atoms with Crippen LogP contribution in [0.5, 0.6) is 5.75 Å². The van der Waals surface area contributed by atoms with Crippen molar-refractivity contribution in [3.05, 3.63) is 59.9 Å². The zero-order chi connectivity index (χ0) is 14.8. The van der Waals surface area contributed by atoms with Crippen molar-refractivity contribution < 1.29 is 17.9 Å². The average Bonchev–Trinajstić information content (AvgIpc) is 2.38. The second-order valence-electron chi connectivity index (χ2n) is 4.39. The van der Waals surface area contributed by atoms with Crippen molar-refractivity contribution >= 4 is 10.0 Å². The molecule has 1 unspecified atom stereocenters. The molecule has 0 aliphatic rings. The third kappa shape index (κ3) is 3.34. The fraction of sp³-hybridized carbons (Fsp3) is 0.143. The molecule has 106 valence electrons. The van der Waals surface area contributed by atoms with Crippen LogP contribution in [0.2, 0.25) is 0 Å². The quantitative estimate of drug-likeness (QED) is 0.911. The maximum Gasteiger partial charge on any atom is 0.241 e. The smallest absolute Gasteiger partial charge is 0.241 e. The predicted molar refractivity (Wildman–Crippen MR) is 73.2 cm³/mol. The minimum Gasteiger partial charge on any atom is -0.508 e. The van der Waals surface area contributed by atoms with Gasteiger partial charge in [0.25, 0.3) is 0 Å². The molecule has 2 aromatic rings. The number of phenolic OH excluding ortho intramolecular Hbond substituents is 1. The lowest BCUT2D eigenvalue weighted by Crippen LogP contribution is -2.26. The van der Waals surface area contributed by atoms with Crippen LogP contribution >= 0.6 is 0 Å². The molecule has 2 aromatic carbocycles. The Balaban J connectivity index is 2.22. The normalized spacial score (nSPS) is 13.1. The molecule has 0 bridgehead atoms.